The van der Waals surface area contributed by atoms with Gasteiger partial charge in [0.05, 0.1) is 13.2 Å². The van der Waals surface area contributed by atoms with Crippen molar-refractivity contribution in [1.29, 1.82) is 0 Å². The lowest BCUT2D eigenvalue weighted by atomic mass is 10.1. The monoisotopic (exact) mass is 365 g/mol. The highest BCUT2D eigenvalue weighted by Crippen LogP contribution is 2.09. The summed E-state index contributed by atoms with van der Waals surface area (Å²) in [6.45, 7) is 7.28. The van der Waals surface area contributed by atoms with E-state index in [1.807, 2.05) is 0 Å². The van der Waals surface area contributed by atoms with E-state index in [4.69, 9.17) is 4.74 Å². The van der Waals surface area contributed by atoms with Gasteiger partial charge in [-0.3, -0.25) is 0 Å². The molecular formula is C23H45N2O+. The van der Waals surface area contributed by atoms with Crippen LogP contribution in [0.25, 0.3) is 0 Å². The molecule has 0 aromatic carbocycles. The van der Waals surface area contributed by atoms with E-state index in [1.165, 1.54) is 96.3 Å². The van der Waals surface area contributed by atoms with E-state index in [1.54, 1.807) is 0 Å². The first kappa shape index (κ1) is 23.2. The number of ether oxygens (including phenoxy) is 1. The third kappa shape index (κ3) is 13.4. The molecule has 0 atom stereocenters. The van der Waals surface area contributed by atoms with E-state index in [2.05, 4.69) is 41.7 Å². The maximum atomic E-state index is 5.80. The van der Waals surface area contributed by atoms with Crippen molar-refractivity contribution in [3.8, 4) is 0 Å². The maximum absolute atomic E-state index is 5.80. The zero-order chi connectivity index (χ0) is 18.7. The zero-order valence-corrected chi connectivity index (χ0v) is 17.8. The SMILES string of the molecule is CCCCCCCCCCn1cc[n+](COCCCCCCCCC)c1. The highest BCUT2D eigenvalue weighted by atomic mass is 16.5. The Kier molecular flexibility index (Phi) is 15.7. The molecule has 152 valence electrons. The number of aromatic nitrogens is 2. The Hall–Kier alpha value is -0.830. The number of aryl methyl sites for hydroxylation is 1. The summed E-state index contributed by atoms with van der Waals surface area (Å²) in [5, 5.41) is 0. The second kappa shape index (κ2) is 17.6. The molecule has 3 heteroatoms. The fourth-order valence-corrected chi connectivity index (χ4v) is 3.41. The van der Waals surface area contributed by atoms with E-state index in [-0.39, 0.29) is 0 Å². The Balaban J connectivity index is 1.92. The summed E-state index contributed by atoms with van der Waals surface area (Å²) in [4.78, 5) is 0. The van der Waals surface area contributed by atoms with E-state index >= 15 is 0 Å². The topological polar surface area (TPSA) is 18.0 Å². The van der Waals surface area contributed by atoms with Gasteiger partial charge in [0, 0.05) is 0 Å². The van der Waals surface area contributed by atoms with Crippen LogP contribution in [0.4, 0.5) is 0 Å². The standard InChI is InChI=1S/C23H45N2O/c1-3-5-7-9-11-12-14-16-18-24-19-20-25(22-24)23-26-21-17-15-13-10-8-6-4-2/h19-20,22H,3-18,21,23H2,1-2H3/q+1. The summed E-state index contributed by atoms with van der Waals surface area (Å²) >= 11 is 0. The molecule has 0 aliphatic heterocycles. The molecule has 26 heavy (non-hydrogen) atoms. The molecule has 1 rings (SSSR count). The first-order valence-electron chi connectivity index (χ1n) is 11.5. The van der Waals surface area contributed by atoms with Crippen LogP contribution in [0.3, 0.4) is 0 Å². The molecule has 0 aliphatic carbocycles. The van der Waals surface area contributed by atoms with E-state index < -0.39 is 0 Å². The minimum absolute atomic E-state index is 0.695. The Morgan fingerprint density at radius 1 is 0.692 bits per heavy atom. The summed E-state index contributed by atoms with van der Waals surface area (Å²) in [5.41, 5.74) is 0. The van der Waals surface area contributed by atoms with Crippen molar-refractivity contribution in [2.45, 2.75) is 123 Å². The minimum Gasteiger partial charge on any atom is -0.342 e. The highest BCUT2D eigenvalue weighted by Gasteiger charge is 2.03. The first-order valence-corrected chi connectivity index (χ1v) is 11.5. The van der Waals surface area contributed by atoms with Gasteiger partial charge in [-0.15, -0.1) is 0 Å². The van der Waals surface area contributed by atoms with Crippen LogP contribution in [-0.2, 0) is 18.0 Å². The molecular weight excluding hydrogens is 320 g/mol. The number of hydrogen-bond acceptors (Lipinski definition) is 1. The van der Waals surface area contributed by atoms with Crippen molar-refractivity contribution in [3.63, 3.8) is 0 Å². The van der Waals surface area contributed by atoms with Crippen LogP contribution in [0.1, 0.15) is 110 Å². The Bertz CT molecular complexity index is 403. The van der Waals surface area contributed by atoms with Crippen LogP contribution >= 0.6 is 0 Å². The van der Waals surface area contributed by atoms with E-state index in [9.17, 15) is 0 Å². The summed E-state index contributed by atoms with van der Waals surface area (Å²) in [6.07, 6.45) is 27.0. The van der Waals surface area contributed by atoms with Gasteiger partial charge >= 0.3 is 0 Å². The van der Waals surface area contributed by atoms with Crippen molar-refractivity contribution in [3.05, 3.63) is 18.7 Å². The number of nitrogens with zero attached hydrogens (tertiary/aromatic N) is 2. The van der Waals surface area contributed by atoms with Crippen LogP contribution in [0.5, 0.6) is 0 Å². The summed E-state index contributed by atoms with van der Waals surface area (Å²) in [6, 6.07) is 0. The molecule has 1 aromatic heterocycles. The van der Waals surface area contributed by atoms with Gasteiger partial charge in [-0.05, 0) is 19.3 Å². The Morgan fingerprint density at radius 3 is 1.85 bits per heavy atom. The average molecular weight is 366 g/mol. The number of hydrogen-bond donors (Lipinski definition) is 0. The van der Waals surface area contributed by atoms with E-state index in [0.717, 1.165) is 13.2 Å². The van der Waals surface area contributed by atoms with Gasteiger partial charge in [0.2, 0.25) is 6.33 Å². The molecule has 1 heterocycles. The van der Waals surface area contributed by atoms with Crippen LogP contribution in [-0.4, -0.2) is 11.2 Å². The van der Waals surface area contributed by atoms with Crippen molar-refractivity contribution < 1.29 is 9.30 Å². The van der Waals surface area contributed by atoms with Gasteiger partial charge in [-0.2, -0.15) is 0 Å². The number of unbranched alkanes of at least 4 members (excludes halogenated alkanes) is 13. The summed E-state index contributed by atoms with van der Waals surface area (Å²) in [5.74, 6) is 0. The maximum Gasteiger partial charge on any atom is 0.245 e. The number of rotatable bonds is 19. The summed E-state index contributed by atoms with van der Waals surface area (Å²) < 4.78 is 10.3. The molecule has 0 unspecified atom stereocenters. The Labute approximate surface area is 163 Å². The number of imidazole rings is 1. The summed E-state index contributed by atoms with van der Waals surface area (Å²) in [7, 11) is 0. The molecule has 0 fully saturated rings. The molecule has 0 bridgehead atoms. The average Bonchev–Trinajstić information content (AvgIpc) is 3.10. The van der Waals surface area contributed by atoms with Crippen LogP contribution in [0, 0.1) is 0 Å². The van der Waals surface area contributed by atoms with Crippen LogP contribution < -0.4 is 4.57 Å². The third-order valence-electron chi connectivity index (χ3n) is 5.15. The molecule has 0 amide bonds. The van der Waals surface area contributed by atoms with Gasteiger partial charge < -0.3 is 4.74 Å². The van der Waals surface area contributed by atoms with E-state index in [0.29, 0.717) is 6.73 Å². The van der Waals surface area contributed by atoms with Gasteiger partial charge in [0.25, 0.3) is 0 Å². The predicted molar refractivity (Wildman–Crippen MR) is 111 cm³/mol. The van der Waals surface area contributed by atoms with Gasteiger partial charge in [-0.25, -0.2) is 9.13 Å². The predicted octanol–water partition coefficient (Wildman–Crippen LogP) is 6.64. The largest absolute Gasteiger partial charge is 0.342 e. The van der Waals surface area contributed by atoms with Crippen molar-refractivity contribution >= 4 is 0 Å². The highest BCUT2D eigenvalue weighted by molar-refractivity contribution is 4.65. The molecule has 0 saturated heterocycles. The lowest BCUT2D eigenvalue weighted by Gasteiger charge is -2.02. The normalized spacial score (nSPS) is 11.3. The quantitative estimate of drug-likeness (QED) is 0.198. The van der Waals surface area contributed by atoms with Crippen molar-refractivity contribution in [2.75, 3.05) is 6.61 Å². The second-order valence-corrected chi connectivity index (χ2v) is 7.80. The van der Waals surface area contributed by atoms with Crippen LogP contribution in [0.2, 0.25) is 0 Å². The first-order chi connectivity index (χ1) is 12.9. The lowest BCUT2D eigenvalue weighted by Crippen LogP contribution is -2.32. The van der Waals surface area contributed by atoms with Gasteiger partial charge in [0.15, 0.2) is 6.73 Å². The van der Waals surface area contributed by atoms with Gasteiger partial charge in [-0.1, -0.05) is 90.9 Å². The fourth-order valence-electron chi connectivity index (χ4n) is 3.41. The lowest BCUT2D eigenvalue weighted by molar-refractivity contribution is -0.732. The molecule has 0 aliphatic rings. The molecule has 3 nitrogen and oxygen atoms in total. The molecule has 1 aromatic rings. The molecule has 0 saturated carbocycles. The minimum atomic E-state index is 0.695. The van der Waals surface area contributed by atoms with Crippen molar-refractivity contribution in [1.82, 2.24) is 4.57 Å². The molecule has 0 radical (unpaired) electrons. The Morgan fingerprint density at radius 2 is 1.23 bits per heavy atom. The van der Waals surface area contributed by atoms with Crippen LogP contribution in [0.15, 0.2) is 18.7 Å². The molecule has 0 spiro atoms. The molecule has 0 N–H and O–H groups in total. The third-order valence-corrected chi connectivity index (χ3v) is 5.15. The second-order valence-electron chi connectivity index (χ2n) is 7.80. The van der Waals surface area contributed by atoms with Gasteiger partial charge in [0.1, 0.15) is 12.4 Å². The van der Waals surface area contributed by atoms with Crippen molar-refractivity contribution in [2.24, 2.45) is 0 Å². The zero-order valence-electron chi connectivity index (χ0n) is 17.8. The smallest absolute Gasteiger partial charge is 0.245 e. The fraction of sp³-hybridized carbons (Fsp3) is 0.870.